The third kappa shape index (κ3) is 1.98. The van der Waals surface area contributed by atoms with Gasteiger partial charge < -0.3 is 5.32 Å². The molecule has 16 heavy (non-hydrogen) atoms. The van der Waals surface area contributed by atoms with Gasteiger partial charge in [-0.3, -0.25) is 14.5 Å². The smallest absolute Gasteiger partial charge is 0.246 e. The van der Waals surface area contributed by atoms with Crippen LogP contribution in [0, 0.1) is 0 Å². The van der Waals surface area contributed by atoms with E-state index in [1.807, 2.05) is 6.92 Å². The minimum atomic E-state index is -0.282. The molecule has 4 heteroatoms. The average Bonchev–Trinajstić information content (AvgIpc) is 2.74. The SMILES string of the molecule is CCN1C(=O)CC(NC2(C)CCCC2)C1=O. The molecule has 1 aliphatic carbocycles. The van der Waals surface area contributed by atoms with Crippen molar-refractivity contribution in [2.75, 3.05) is 6.54 Å². The van der Waals surface area contributed by atoms with Crippen molar-refractivity contribution in [3.8, 4) is 0 Å². The second kappa shape index (κ2) is 4.17. The molecule has 1 saturated carbocycles. The summed E-state index contributed by atoms with van der Waals surface area (Å²) in [5.74, 6) is -0.0766. The molecule has 1 heterocycles. The van der Waals surface area contributed by atoms with Gasteiger partial charge in [0.2, 0.25) is 11.8 Å². The van der Waals surface area contributed by atoms with E-state index in [4.69, 9.17) is 0 Å². The highest BCUT2D eigenvalue weighted by atomic mass is 16.2. The summed E-state index contributed by atoms with van der Waals surface area (Å²) >= 11 is 0. The standard InChI is InChI=1S/C12H20N2O2/c1-3-14-10(15)8-9(11(14)16)13-12(2)6-4-5-7-12/h9,13H,3-8H2,1-2H3. The van der Waals surface area contributed by atoms with E-state index in [-0.39, 0.29) is 23.4 Å². The molecule has 2 rings (SSSR count). The molecule has 1 N–H and O–H groups in total. The highest BCUT2D eigenvalue weighted by Crippen LogP contribution is 2.30. The number of rotatable bonds is 3. The van der Waals surface area contributed by atoms with Crippen LogP contribution >= 0.6 is 0 Å². The molecule has 0 radical (unpaired) electrons. The van der Waals surface area contributed by atoms with Gasteiger partial charge in [0.25, 0.3) is 0 Å². The predicted octanol–water partition coefficient (Wildman–Crippen LogP) is 1.06. The first-order valence-electron chi connectivity index (χ1n) is 6.18. The lowest BCUT2D eigenvalue weighted by molar-refractivity contribution is -0.138. The first kappa shape index (κ1) is 11.6. The topological polar surface area (TPSA) is 49.4 Å². The van der Waals surface area contributed by atoms with Gasteiger partial charge in [-0.05, 0) is 26.7 Å². The normalized spacial score (nSPS) is 29.1. The Balaban J connectivity index is 2.01. The van der Waals surface area contributed by atoms with Gasteiger partial charge in [0.1, 0.15) is 0 Å². The number of nitrogens with one attached hydrogen (secondary N) is 1. The highest BCUT2D eigenvalue weighted by molar-refractivity contribution is 6.05. The summed E-state index contributed by atoms with van der Waals surface area (Å²) in [6, 6.07) is -0.282. The summed E-state index contributed by atoms with van der Waals surface area (Å²) in [5.41, 5.74) is 0.0599. The molecule has 2 amide bonds. The second-order valence-corrected chi connectivity index (χ2v) is 5.15. The lowest BCUT2D eigenvalue weighted by Gasteiger charge is -2.28. The Labute approximate surface area is 96.4 Å². The van der Waals surface area contributed by atoms with Crippen LogP contribution in [0.3, 0.4) is 0 Å². The van der Waals surface area contributed by atoms with Gasteiger partial charge in [-0.25, -0.2) is 0 Å². The molecule has 0 aromatic heterocycles. The van der Waals surface area contributed by atoms with Crippen molar-refractivity contribution < 1.29 is 9.59 Å². The van der Waals surface area contributed by atoms with Crippen molar-refractivity contribution in [2.24, 2.45) is 0 Å². The van der Waals surface area contributed by atoms with E-state index in [9.17, 15) is 9.59 Å². The fourth-order valence-corrected chi connectivity index (χ4v) is 2.85. The Morgan fingerprint density at radius 1 is 1.38 bits per heavy atom. The Kier molecular flexibility index (Phi) is 3.02. The summed E-state index contributed by atoms with van der Waals surface area (Å²) in [5, 5.41) is 3.39. The third-order valence-electron chi connectivity index (χ3n) is 3.79. The molecule has 2 aliphatic rings. The summed E-state index contributed by atoms with van der Waals surface area (Å²) < 4.78 is 0. The average molecular weight is 224 g/mol. The fraction of sp³-hybridized carbons (Fsp3) is 0.833. The number of nitrogens with zero attached hydrogens (tertiary/aromatic N) is 1. The van der Waals surface area contributed by atoms with E-state index in [1.165, 1.54) is 17.7 Å². The number of imide groups is 1. The molecule has 1 unspecified atom stereocenters. The molecule has 0 bridgehead atoms. The summed E-state index contributed by atoms with van der Waals surface area (Å²) in [7, 11) is 0. The lowest BCUT2D eigenvalue weighted by Crippen LogP contribution is -2.49. The van der Waals surface area contributed by atoms with Gasteiger partial charge in [-0.15, -0.1) is 0 Å². The highest BCUT2D eigenvalue weighted by Gasteiger charge is 2.41. The quantitative estimate of drug-likeness (QED) is 0.729. The van der Waals surface area contributed by atoms with Crippen LogP contribution < -0.4 is 5.32 Å². The Hall–Kier alpha value is -0.900. The molecule has 4 nitrogen and oxygen atoms in total. The van der Waals surface area contributed by atoms with Crippen LogP contribution in [-0.2, 0) is 9.59 Å². The minimum absolute atomic E-state index is 0.0356. The van der Waals surface area contributed by atoms with Gasteiger partial charge in [0.05, 0.1) is 12.5 Å². The Morgan fingerprint density at radius 3 is 2.50 bits per heavy atom. The Bertz CT molecular complexity index is 308. The maximum Gasteiger partial charge on any atom is 0.246 e. The number of carbonyl (C=O) groups excluding carboxylic acids is 2. The van der Waals surface area contributed by atoms with Crippen molar-refractivity contribution in [1.82, 2.24) is 10.2 Å². The first-order valence-corrected chi connectivity index (χ1v) is 6.18. The number of hydrogen-bond donors (Lipinski definition) is 1. The van der Waals surface area contributed by atoms with Crippen molar-refractivity contribution in [1.29, 1.82) is 0 Å². The predicted molar refractivity (Wildman–Crippen MR) is 60.8 cm³/mol. The van der Waals surface area contributed by atoms with Crippen LogP contribution in [0.5, 0.6) is 0 Å². The fourth-order valence-electron chi connectivity index (χ4n) is 2.85. The second-order valence-electron chi connectivity index (χ2n) is 5.15. The zero-order chi connectivity index (χ0) is 11.8. The number of carbonyl (C=O) groups is 2. The van der Waals surface area contributed by atoms with E-state index < -0.39 is 0 Å². The molecule has 0 aromatic rings. The zero-order valence-electron chi connectivity index (χ0n) is 10.1. The van der Waals surface area contributed by atoms with Crippen LogP contribution in [0.2, 0.25) is 0 Å². The molecule has 90 valence electrons. The van der Waals surface area contributed by atoms with Crippen LogP contribution in [0.25, 0.3) is 0 Å². The molecule has 1 saturated heterocycles. The van der Waals surface area contributed by atoms with E-state index in [0.29, 0.717) is 13.0 Å². The van der Waals surface area contributed by atoms with Gasteiger partial charge >= 0.3 is 0 Å². The number of hydrogen-bond acceptors (Lipinski definition) is 3. The van der Waals surface area contributed by atoms with Gasteiger partial charge in [-0.2, -0.15) is 0 Å². The molecule has 1 atom stereocenters. The monoisotopic (exact) mass is 224 g/mol. The van der Waals surface area contributed by atoms with E-state index in [2.05, 4.69) is 12.2 Å². The molecule has 0 aromatic carbocycles. The number of likely N-dealkylation sites (tertiary alicyclic amines) is 1. The van der Waals surface area contributed by atoms with Crippen LogP contribution in [0.4, 0.5) is 0 Å². The summed E-state index contributed by atoms with van der Waals surface area (Å²) in [4.78, 5) is 24.8. The summed E-state index contributed by atoms with van der Waals surface area (Å²) in [6.45, 7) is 4.49. The van der Waals surface area contributed by atoms with E-state index in [1.54, 1.807) is 0 Å². The number of likely N-dealkylation sites (N-methyl/N-ethyl adjacent to an activating group) is 1. The van der Waals surface area contributed by atoms with Crippen LogP contribution in [-0.4, -0.2) is 34.8 Å². The third-order valence-corrected chi connectivity index (χ3v) is 3.79. The lowest BCUT2D eigenvalue weighted by atomic mass is 9.99. The summed E-state index contributed by atoms with van der Waals surface area (Å²) in [6.07, 6.45) is 4.99. The van der Waals surface area contributed by atoms with E-state index in [0.717, 1.165) is 12.8 Å². The van der Waals surface area contributed by atoms with Gasteiger partial charge in [-0.1, -0.05) is 12.8 Å². The molecule has 0 spiro atoms. The minimum Gasteiger partial charge on any atom is -0.300 e. The maximum absolute atomic E-state index is 11.9. The van der Waals surface area contributed by atoms with Crippen LogP contribution in [0.15, 0.2) is 0 Å². The molecule has 1 aliphatic heterocycles. The van der Waals surface area contributed by atoms with Crippen LogP contribution in [0.1, 0.15) is 46.0 Å². The molecule has 2 fully saturated rings. The van der Waals surface area contributed by atoms with Crippen molar-refractivity contribution in [3.05, 3.63) is 0 Å². The molecular weight excluding hydrogens is 204 g/mol. The van der Waals surface area contributed by atoms with Gasteiger partial charge in [0.15, 0.2) is 0 Å². The number of amides is 2. The molecular formula is C12H20N2O2. The van der Waals surface area contributed by atoms with Gasteiger partial charge in [0, 0.05) is 12.1 Å². The van der Waals surface area contributed by atoms with E-state index >= 15 is 0 Å². The van der Waals surface area contributed by atoms with Crippen molar-refractivity contribution in [2.45, 2.75) is 57.5 Å². The Morgan fingerprint density at radius 2 is 2.00 bits per heavy atom. The zero-order valence-corrected chi connectivity index (χ0v) is 10.1. The largest absolute Gasteiger partial charge is 0.300 e. The van der Waals surface area contributed by atoms with Crippen molar-refractivity contribution >= 4 is 11.8 Å². The first-order chi connectivity index (χ1) is 7.56. The van der Waals surface area contributed by atoms with Crippen molar-refractivity contribution in [3.63, 3.8) is 0 Å². The maximum atomic E-state index is 11.9.